The molecule has 166 valence electrons. The minimum absolute atomic E-state index is 0.0162. The molecule has 9 nitrogen and oxygen atoms in total. The van der Waals surface area contributed by atoms with Crippen molar-refractivity contribution in [1.82, 2.24) is 14.6 Å². The van der Waals surface area contributed by atoms with Crippen molar-refractivity contribution >= 4 is 17.1 Å². The van der Waals surface area contributed by atoms with Gasteiger partial charge in [-0.25, -0.2) is 4.52 Å². The molecule has 33 heavy (non-hydrogen) atoms. The lowest BCUT2D eigenvalue weighted by Crippen LogP contribution is -2.49. The van der Waals surface area contributed by atoms with Crippen molar-refractivity contribution < 1.29 is 9.90 Å². The van der Waals surface area contributed by atoms with E-state index in [1.54, 1.807) is 18.3 Å². The maximum Gasteiger partial charge on any atom is 0.252 e. The molecule has 3 heterocycles. The number of nitriles is 2. The highest BCUT2D eigenvalue weighted by atomic mass is 16.3. The van der Waals surface area contributed by atoms with Crippen LogP contribution in [0.4, 0.5) is 5.69 Å². The quantitative estimate of drug-likeness (QED) is 0.618. The number of aliphatic hydroxyl groups is 1. The van der Waals surface area contributed by atoms with Gasteiger partial charge in [-0.15, -0.1) is 0 Å². The molecule has 9 heteroatoms. The van der Waals surface area contributed by atoms with Gasteiger partial charge < -0.3 is 15.7 Å². The summed E-state index contributed by atoms with van der Waals surface area (Å²) >= 11 is 0. The highest BCUT2D eigenvalue weighted by Crippen LogP contribution is 2.49. The second-order valence-electron chi connectivity index (χ2n) is 8.93. The number of primary amides is 1. The normalized spacial score (nSPS) is 23.4. The summed E-state index contributed by atoms with van der Waals surface area (Å²) in [6.07, 6.45) is 7.09. The van der Waals surface area contributed by atoms with Crippen LogP contribution in [-0.4, -0.2) is 43.3 Å². The van der Waals surface area contributed by atoms with E-state index in [1.165, 1.54) is 12.4 Å². The smallest absolute Gasteiger partial charge is 0.252 e. The van der Waals surface area contributed by atoms with E-state index in [4.69, 9.17) is 11.0 Å². The zero-order valence-corrected chi connectivity index (χ0v) is 17.9. The predicted octanol–water partition coefficient (Wildman–Crippen LogP) is 2.26. The van der Waals surface area contributed by atoms with E-state index >= 15 is 0 Å². The molecule has 5 rings (SSSR count). The van der Waals surface area contributed by atoms with Crippen LogP contribution >= 0.6 is 0 Å². The first-order valence-electron chi connectivity index (χ1n) is 11.0. The van der Waals surface area contributed by atoms with Crippen molar-refractivity contribution in [3.8, 4) is 12.1 Å². The van der Waals surface area contributed by atoms with Crippen LogP contribution in [0.1, 0.15) is 59.6 Å². The Morgan fingerprint density at radius 2 is 2.03 bits per heavy atom. The van der Waals surface area contributed by atoms with Crippen LogP contribution in [0, 0.1) is 22.7 Å². The number of rotatable bonds is 5. The average molecular weight is 441 g/mol. The standard InChI is InChI=1S/C24H23N7O2/c25-11-15-7-17-1-2-21(31(17)29-12-15)16-8-18(10-19(32)9-16)30(24(14-26)4-5-24)22-3-6-28-13-20(22)23(27)33/h1-3,6-7,12-13,16,18-19,32H,4-5,8-10H2,(H2,27,33)/t16?,18-,19+/m0/s1. The number of aromatic nitrogens is 3. The van der Waals surface area contributed by atoms with Gasteiger partial charge in [0.15, 0.2) is 0 Å². The molecule has 3 N–H and O–H groups in total. The van der Waals surface area contributed by atoms with Gasteiger partial charge in [-0.3, -0.25) is 9.78 Å². The first kappa shape index (κ1) is 20.9. The second-order valence-corrected chi connectivity index (χ2v) is 8.93. The van der Waals surface area contributed by atoms with Gasteiger partial charge in [0.2, 0.25) is 0 Å². The van der Waals surface area contributed by atoms with Crippen molar-refractivity contribution in [2.75, 3.05) is 4.90 Å². The molecule has 2 saturated carbocycles. The number of hydrogen-bond acceptors (Lipinski definition) is 7. The molecular formula is C24H23N7O2. The van der Waals surface area contributed by atoms with E-state index in [-0.39, 0.29) is 17.5 Å². The summed E-state index contributed by atoms with van der Waals surface area (Å²) in [4.78, 5) is 18.2. The van der Waals surface area contributed by atoms with Gasteiger partial charge in [0.1, 0.15) is 11.6 Å². The Morgan fingerprint density at radius 3 is 2.73 bits per heavy atom. The minimum atomic E-state index is -0.723. The van der Waals surface area contributed by atoms with Crippen molar-refractivity contribution in [2.45, 2.75) is 55.7 Å². The van der Waals surface area contributed by atoms with Crippen LogP contribution in [0.3, 0.4) is 0 Å². The van der Waals surface area contributed by atoms with Gasteiger partial charge in [-0.1, -0.05) is 0 Å². The fourth-order valence-electron chi connectivity index (χ4n) is 5.19. The number of fused-ring (bicyclic) bond motifs is 1. The molecule has 3 aromatic heterocycles. The summed E-state index contributed by atoms with van der Waals surface area (Å²) in [5.41, 5.74) is 8.02. The number of nitrogens with zero attached hydrogens (tertiary/aromatic N) is 6. The van der Waals surface area contributed by atoms with Crippen molar-refractivity contribution in [2.24, 2.45) is 5.73 Å². The maximum atomic E-state index is 12.1. The number of anilines is 1. The Bertz CT molecular complexity index is 1310. The topological polar surface area (TPSA) is 144 Å². The third-order valence-electron chi connectivity index (χ3n) is 6.82. The fourth-order valence-corrected chi connectivity index (χ4v) is 5.19. The van der Waals surface area contributed by atoms with Gasteiger partial charge in [0.05, 0.1) is 40.7 Å². The lowest BCUT2D eigenvalue weighted by atomic mass is 9.80. The number of amides is 1. The summed E-state index contributed by atoms with van der Waals surface area (Å²) < 4.78 is 1.81. The maximum absolute atomic E-state index is 12.1. The molecule has 0 saturated heterocycles. The van der Waals surface area contributed by atoms with Crippen LogP contribution in [0.5, 0.6) is 0 Å². The number of aliphatic hydroxyl groups excluding tert-OH is 1. The molecule has 2 aliphatic carbocycles. The van der Waals surface area contributed by atoms with Crippen molar-refractivity contribution in [3.05, 3.63) is 59.7 Å². The zero-order valence-electron chi connectivity index (χ0n) is 17.9. The van der Waals surface area contributed by atoms with Crippen LogP contribution in [-0.2, 0) is 0 Å². The van der Waals surface area contributed by atoms with Crippen LogP contribution in [0.2, 0.25) is 0 Å². The molecule has 1 amide bonds. The van der Waals surface area contributed by atoms with Gasteiger partial charge >= 0.3 is 0 Å². The highest BCUT2D eigenvalue weighted by Gasteiger charge is 2.53. The van der Waals surface area contributed by atoms with E-state index in [1.807, 2.05) is 21.5 Å². The third-order valence-corrected chi connectivity index (χ3v) is 6.82. The predicted molar refractivity (Wildman–Crippen MR) is 119 cm³/mol. The van der Waals surface area contributed by atoms with Gasteiger partial charge in [-0.05, 0) is 56.4 Å². The molecule has 0 aliphatic heterocycles. The third kappa shape index (κ3) is 3.57. The molecular weight excluding hydrogens is 418 g/mol. The number of carbonyl (C=O) groups is 1. The highest BCUT2D eigenvalue weighted by molar-refractivity contribution is 5.98. The van der Waals surface area contributed by atoms with Crippen molar-refractivity contribution in [1.29, 1.82) is 10.5 Å². The first-order valence-corrected chi connectivity index (χ1v) is 11.0. The summed E-state index contributed by atoms with van der Waals surface area (Å²) in [5.74, 6) is -0.614. The Balaban J connectivity index is 1.55. The zero-order chi connectivity index (χ0) is 23.2. The Labute approximate surface area is 190 Å². The molecule has 3 atom stereocenters. The summed E-state index contributed by atoms with van der Waals surface area (Å²) in [7, 11) is 0. The molecule has 0 aromatic carbocycles. The van der Waals surface area contributed by atoms with E-state index in [0.29, 0.717) is 43.4 Å². The summed E-state index contributed by atoms with van der Waals surface area (Å²) in [6.45, 7) is 0. The van der Waals surface area contributed by atoms with E-state index < -0.39 is 17.6 Å². The van der Waals surface area contributed by atoms with E-state index in [9.17, 15) is 15.2 Å². The van der Waals surface area contributed by atoms with E-state index in [0.717, 1.165) is 11.2 Å². The summed E-state index contributed by atoms with van der Waals surface area (Å²) in [5, 5.41) is 34.5. The number of nitrogens with two attached hydrogens (primary N) is 1. The molecule has 0 spiro atoms. The SMILES string of the molecule is N#Cc1cnn2c(C3C[C@@H](O)C[C@@H](N(c4ccncc4C(N)=O)C4(C#N)CC4)C3)ccc2c1. The second kappa shape index (κ2) is 7.88. The lowest BCUT2D eigenvalue weighted by Gasteiger charge is -2.43. The number of carbonyl (C=O) groups excluding carboxylic acids is 1. The largest absolute Gasteiger partial charge is 0.393 e. The molecule has 2 aliphatic rings. The lowest BCUT2D eigenvalue weighted by molar-refractivity contribution is 0.0998. The molecule has 0 radical (unpaired) electrons. The van der Waals surface area contributed by atoms with Gasteiger partial charge in [0.25, 0.3) is 5.91 Å². The monoisotopic (exact) mass is 441 g/mol. The number of pyridine rings is 1. The van der Waals surface area contributed by atoms with Crippen LogP contribution < -0.4 is 10.6 Å². The average Bonchev–Trinajstić information content (AvgIpc) is 3.49. The van der Waals surface area contributed by atoms with Crippen LogP contribution in [0.25, 0.3) is 5.52 Å². The molecule has 2 fully saturated rings. The first-order chi connectivity index (χ1) is 16.0. The van der Waals surface area contributed by atoms with E-state index in [2.05, 4.69) is 22.2 Å². The Kier molecular flexibility index (Phi) is 4.99. The van der Waals surface area contributed by atoms with Crippen molar-refractivity contribution in [3.63, 3.8) is 0 Å². The van der Waals surface area contributed by atoms with Crippen LogP contribution in [0.15, 0.2) is 42.9 Å². The Hall–Kier alpha value is -3.95. The molecule has 1 unspecified atom stereocenters. The summed E-state index contributed by atoms with van der Waals surface area (Å²) in [6, 6.07) is 11.8. The van der Waals surface area contributed by atoms with Gasteiger partial charge in [-0.2, -0.15) is 15.6 Å². The molecule has 0 bridgehead atoms. The fraction of sp³-hybridized carbons (Fsp3) is 0.375. The minimum Gasteiger partial charge on any atom is -0.393 e. The Morgan fingerprint density at radius 1 is 1.21 bits per heavy atom. The molecule has 3 aromatic rings. The number of hydrogen-bond donors (Lipinski definition) is 2. The van der Waals surface area contributed by atoms with Gasteiger partial charge in [0, 0.05) is 30.0 Å².